The van der Waals surface area contributed by atoms with Gasteiger partial charge < -0.3 is 5.32 Å². The Morgan fingerprint density at radius 1 is 1.28 bits per heavy atom. The summed E-state index contributed by atoms with van der Waals surface area (Å²) in [7, 11) is 0. The van der Waals surface area contributed by atoms with Crippen molar-refractivity contribution in [3.63, 3.8) is 0 Å². The van der Waals surface area contributed by atoms with Crippen LogP contribution in [0.1, 0.15) is 36.5 Å². The molecule has 3 nitrogen and oxygen atoms in total. The number of anilines is 1. The molecule has 1 amide bonds. The van der Waals surface area contributed by atoms with E-state index in [1.165, 1.54) is 6.92 Å². The van der Waals surface area contributed by atoms with E-state index >= 15 is 0 Å². The molecule has 0 spiro atoms. The topological polar surface area (TPSA) is 46.2 Å². The number of benzene rings is 1. The number of carbonyl (C=O) groups excluding carboxylic acids is 2. The van der Waals surface area contributed by atoms with Crippen LogP contribution in [0.4, 0.5) is 5.69 Å². The van der Waals surface area contributed by atoms with Crippen molar-refractivity contribution in [2.45, 2.75) is 26.2 Å². The molecule has 0 saturated heterocycles. The van der Waals surface area contributed by atoms with Crippen LogP contribution in [0.15, 0.2) is 36.4 Å². The fraction of sp³-hybridized carbons (Fsp3) is 0.333. The van der Waals surface area contributed by atoms with Crippen molar-refractivity contribution in [1.82, 2.24) is 0 Å². The molecule has 18 heavy (non-hydrogen) atoms. The summed E-state index contributed by atoms with van der Waals surface area (Å²) in [6.45, 7) is 1.53. The third kappa shape index (κ3) is 3.29. The molecule has 94 valence electrons. The Kier molecular flexibility index (Phi) is 3.92. The number of nitrogens with one attached hydrogen (secondary N) is 1. The zero-order chi connectivity index (χ0) is 13.0. The predicted octanol–water partition coefficient (Wildman–Crippen LogP) is 3.18. The predicted molar refractivity (Wildman–Crippen MR) is 71.6 cm³/mol. The molecule has 0 bridgehead atoms. The molecule has 3 heteroatoms. The third-order valence-electron chi connectivity index (χ3n) is 3.14. The maximum atomic E-state index is 11.8. The van der Waals surface area contributed by atoms with E-state index in [2.05, 4.69) is 17.5 Å². The standard InChI is InChI=1S/C15H17NO2/c1-11(17)13-6-8-14(9-7-13)16-15(18)10-12-4-2-3-5-12/h2,4,6-9,12H,3,5,10H2,1H3,(H,16,18). The minimum atomic E-state index is 0.0297. The molecule has 0 heterocycles. The number of ketones is 1. The van der Waals surface area contributed by atoms with Gasteiger partial charge in [0, 0.05) is 17.7 Å². The van der Waals surface area contributed by atoms with Crippen LogP contribution in [0.5, 0.6) is 0 Å². The molecule has 1 aliphatic rings. The fourth-order valence-electron chi connectivity index (χ4n) is 2.10. The average Bonchev–Trinajstić information content (AvgIpc) is 2.82. The Morgan fingerprint density at radius 2 is 2.00 bits per heavy atom. The van der Waals surface area contributed by atoms with Crippen LogP contribution < -0.4 is 5.32 Å². The minimum absolute atomic E-state index is 0.0297. The highest BCUT2D eigenvalue weighted by Crippen LogP contribution is 2.21. The van der Waals surface area contributed by atoms with Gasteiger partial charge in [-0.3, -0.25) is 9.59 Å². The van der Waals surface area contributed by atoms with E-state index in [9.17, 15) is 9.59 Å². The van der Waals surface area contributed by atoms with Crippen LogP contribution in [-0.4, -0.2) is 11.7 Å². The molecule has 0 saturated carbocycles. The van der Waals surface area contributed by atoms with Gasteiger partial charge in [0.15, 0.2) is 5.78 Å². The molecule has 0 fully saturated rings. The molecule has 0 aliphatic heterocycles. The Bertz CT molecular complexity index is 474. The normalized spacial score (nSPS) is 17.7. The van der Waals surface area contributed by atoms with Crippen molar-refractivity contribution in [2.24, 2.45) is 5.92 Å². The van der Waals surface area contributed by atoms with E-state index in [1.54, 1.807) is 24.3 Å². The molecule has 1 aliphatic carbocycles. The maximum Gasteiger partial charge on any atom is 0.224 e. The van der Waals surface area contributed by atoms with Crippen molar-refractivity contribution in [3.8, 4) is 0 Å². The van der Waals surface area contributed by atoms with Gasteiger partial charge in [0.25, 0.3) is 0 Å². The summed E-state index contributed by atoms with van der Waals surface area (Å²) in [5.41, 5.74) is 1.40. The Labute approximate surface area is 107 Å². The number of amides is 1. The van der Waals surface area contributed by atoms with Crippen molar-refractivity contribution >= 4 is 17.4 Å². The monoisotopic (exact) mass is 243 g/mol. The van der Waals surface area contributed by atoms with Crippen molar-refractivity contribution in [3.05, 3.63) is 42.0 Å². The van der Waals surface area contributed by atoms with Crippen molar-refractivity contribution in [1.29, 1.82) is 0 Å². The molecule has 0 radical (unpaired) electrons. The van der Waals surface area contributed by atoms with E-state index < -0.39 is 0 Å². The fourth-order valence-corrected chi connectivity index (χ4v) is 2.10. The molecule has 1 unspecified atom stereocenters. The first-order valence-electron chi connectivity index (χ1n) is 6.22. The molecule has 0 aromatic heterocycles. The lowest BCUT2D eigenvalue weighted by Crippen LogP contribution is -2.14. The highest BCUT2D eigenvalue weighted by molar-refractivity contribution is 5.95. The van der Waals surface area contributed by atoms with Gasteiger partial charge in [-0.05, 0) is 49.9 Å². The van der Waals surface area contributed by atoms with Gasteiger partial charge in [-0.1, -0.05) is 12.2 Å². The van der Waals surface area contributed by atoms with Crippen molar-refractivity contribution in [2.75, 3.05) is 5.32 Å². The highest BCUT2D eigenvalue weighted by Gasteiger charge is 2.13. The van der Waals surface area contributed by atoms with Gasteiger partial charge in [-0.25, -0.2) is 0 Å². The summed E-state index contributed by atoms with van der Waals surface area (Å²) in [4.78, 5) is 22.9. The van der Waals surface area contributed by atoms with Gasteiger partial charge in [0.2, 0.25) is 5.91 Å². The van der Waals surface area contributed by atoms with E-state index in [-0.39, 0.29) is 11.7 Å². The Hall–Kier alpha value is -1.90. The lowest BCUT2D eigenvalue weighted by atomic mass is 10.0. The Morgan fingerprint density at radius 3 is 2.56 bits per heavy atom. The van der Waals surface area contributed by atoms with Crippen LogP contribution >= 0.6 is 0 Å². The van der Waals surface area contributed by atoms with Crippen molar-refractivity contribution < 1.29 is 9.59 Å². The molecule has 1 atom stereocenters. The van der Waals surface area contributed by atoms with Gasteiger partial charge in [0.05, 0.1) is 0 Å². The Balaban J connectivity index is 1.90. The number of carbonyl (C=O) groups is 2. The first-order chi connectivity index (χ1) is 8.65. The summed E-state index contributed by atoms with van der Waals surface area (Å²) in [6, 6.07) is 6.99. The highest BCUT2D eigenvalue weighted by atomic mass is 16.1. The molecule has 1 aromatic carbocycles. The minimum Gasteiger partial charge on any atom is -0.326 e. The number of Topliss-reactive ketones (excluding diaryl/α,β-unsaturated/α-hetero) is 1. The van der Waals surface area contributed by atoms with Crippen LogP contribution in [0.3, 0.4) is 0 Å². The smallest absolute Gasteiger partial charge is 0.224 e. The molecular weight excluding hydrogens is 226 g/mol. The zero-order valence-corrected chi connectivity index (χ0v) is 10.5. The van der Waals surface area contributed by atoms with E-state index in [0.717, 1.165) is 18.5 Å². The molecule has 2 rings (SSSR count). The largest absolute Gasteiger partial charge is 0.326 e. The summed E-state index contributed by atoms with van der Waals surface area (Å²) >= 11 is 0. The first-order valence-corrected chi connectivity index (χ1v) is 6.22. The zero-order valence-electron chi connectivity index (χ0n) is 10.5. The van der Waals surface area contributed by atoms with E-state index in [4.69, 9.17) is 0 Å². The van der Waals surface area contributed by atoms with Crippen LogP contribution in [-0.2, 0) is 4.79 Å². The number of hydrogen-bond donors (Lipinski definition) is 1. The van der Waals surface area contributed by atoms with Crippen LogP contribution in [0.25, 0.3) is 0 Å². The lowest BCUT2D eigenvalue weighted by molar-refractivity contribution is -0.116. The van der Waals surface area contributed by atoms with Gasteiger partial charge in [-0.2, -0.15) is 0 Å². The average molecular weight is 243 g/mol. The SMILES string of the molecule is CC(=O)c1ccc(NC(=O)CC2C=CCC2)cc1. The van der Waals surface area contributed by atoms with Gasteiger partial charge >= 0.3 is 0 Å². The summed E-state index contributed by atoms with van der Waals surface area (Å²) in [5, 5.41) is 2.85. The van der Waals surface area contributed by atoms with Crippen LogP contribution in [0, 0.1) is 5.92 Å². The maximum absolute atomic E-state index is 11.8. The lowest BCUT2D eigenvalue weighted by Gasteiger charge is -2.08. The molecule has 1 aromatic rings. The molecular formula is C15H17NO2. The second-order valence-electron chi connectivity index (χ2n) is 4.65. The molecule has 1 N–H and O–H groups in total. The number of allylic oxidation sites excluding steroid dienone is 2. The van der Waals surface area contributed by atoms with Gasteiger partial charge in [-0.15, -0.1) is 0 Å². The van der Waals surface area contributed by atoms with Crippen LogP contribution in [0.2, 0.25) is 0 Å². The number of rotatable bonds is 4. The second kappa shape index (κ2) is 5.63. The van der Waals surface area contributed by atoms with E-state index in [0.29, 0.717) is 17.9 Å². The van der Waals surface area contributed by atoms with Gasteiger partial charge in [0.1, 0.15) is 0 Å². The summed E-state index contributed by atoms with van der Waals surface area (Å²) in [5.74, 6) is 0.438. The second-order valence-corrected chi connectivity index (χ2v) is 4.65. The first kappa shape index (κ1) is 12.6. The summed E-state index contributed by atoms with van der Waals surface area (Å²) < 4.78 is 0. The number of hydrogen-bond acceptors (Lipinski definition) is 2. The third-order valence-corrected chi connectivity index (χ3v) is 3.14. The quantitative estimate of drug-likeness (QED) is 0.652. The summed E-state index contributed by atoms with van der Waals surface area (Å²) in [6.07, 6.45) is 6.91. The van der Waals surface area contributed by atoms with E-state index in [1.807, 2.05) is 0 Å².